The number of hydrogen-bond acceptors (Lipinski definition) is 3. The van der Waals surface area contributed by atoms with Crippen molar-refractivity contribution in [2.45, 2.75) is 25.3 Å². The number of amides is 2. The molecule has 2 rings (SSSR count). The number of hydrogen-bond donors (Lipinski definition) is 4. The second-order valence-electron chi connectivity index (χ2n) is 4.61. The quantitative estimate of drug-likeness (QED) is 0.503. The monoisotopic (exact) mass is 276 g/mol. The summed E-state index contributed by atoms with van der Waals surface area (Å²) in [5.41, 5.74) is 0.00263. The average Bonchev–Trinajstić information content (AvgIpc) is 2.41. The minimum Gasteiger partial charge on any atom is -0.508 e. The average molecular weight is 276 g/mol. The second kappa shape index (κ2) is 6.10. The lowest BCUT2D eigenvalue weighted by Crippen LogP contribution is -2.38. The summed E-state index contributed by atoms with van der Waals surface area (Å²) in [5.74, 6) is -1.37. The van der Waals surface area contributed by atoms with Gasteiger partial charge in [0.2, 0.25) is 0 Å². The lowest BCUT2D eigenvalue weighted by molar-refractivity contribution is 0.0697. The van der Waals surface area contributed by atoms with Crippen LogP contribution in [-0.2, 0) is 0 Å². The zero-order valence-corrected chi connectivity index (χ0v) is 10.8. The molecule has 2 amide bonds. The van der Waals surface area contributed by atoms with Gasteiger partial charge in [0, 0.05) is 6.04 Å². The van der Waals surface area contributed by atoms with Crippen LogP contribution in [0.3, 0.4) is 0 Å². The number of benzene rings is 1. The first-order valence-corrected chi connectivity index (χ1v) is 6.35. The van der Waals surface area contributed by atoms with Crippen molar-refractivity contribution >= 4 is 17.7 Å². The van der Waals surface area contributed by atoms with Gasteiger partial charge >= 0.3 is 12.0 Å². The number of urea groups is 1. The van der Waals surface area contributed by atoms with Crippen molar-refractivity contribution in [1.29, 1.82) is 0 Å². The van der Waals surface area contributed by atoms with Crippen LogP contribution in [0, 0.1) is 0 Å². The Bertz CT molecular complexity index is 554. The van der Waals surface area contributed by atoms with Gasteiger partial charge in [0.25, 0.3) is 0 Å². The number of nitrogens with one attached hydrogen (secondary N) is 2. The van der Waals surface area contributed by atoms with E-state index in [0.717, 1.165) is 25.3 Å². The Labute approximate surface area is 116 Å². The van der Waals surface area contributed by atoms with Crippen LogP contribution in [0.4, 0.5) is 10.5 Å². The van der Waals surface area contributed by atoms with Crippen LogP contribution in [0.15, 0.2) is 30.4 Å². The number of anilines is 1. The van der Waals surface area contributed by atoms with Crippen molar-refractivity contribution in [2.24, 2.45) is 0 Å². The van der Waals surface area contributed by atoms with E-state index in [-0.39, 0.29) is 23.0 Å². The van der Waals surface area contributed by atoms with Crippen molar-refractivity contribution < 1.29 is 19.8 Å². The summed E-state index contributed by atoms with van der Waals surface area (Å²) >= 11 is 0. The molecule has 0 heterocycles. The van der Waals surface area contributed by atoms with E-state index in [4.69, 9.17) is 5.11 Å². The van der Waals surface area contributed by atoms with Crippen LogP contribution < -0.4 is 10.6 Å². The maximum atomic E-state index is 11.8. The third-order valence-corrected chi connectivity index (χ3v) is 3.09. The third kappa shape index (κ3) is 3.50. The zero-order valence-electron chi connectivity index (χ0n) is 10.8. The fourth-order valence-electron chi connectivity index (χ4n) is 2.09. The summed E-state index contributed by atoms with van der Waals surface area (Å²) in [6, 6.07) is 3.40. The van der Waals surface area contributed by atoms with E-state index in [2.05, 4.69) is 16.7 Å². The Balaban J connectivity index is 2.03. The van der Waals surface area contributed by atoms with E-state index in [1.165, 1.54) is 12.1 Å². The maximum Gasteiger partial charge on any atom is 0.337 e. The van der Waals surface area contributed by atoms with E-state index in [0.29, 0.717) is 0 Å². The van der Waals surface area contributed by atoms with Crippen LogP contribution in [-0.4, -0.2) is 28.3 Å². The highest BCUT2D eigenvalue weighted by molar-refractivity contribution is 6.00. The molecule has 1 aromatic rings. The molecule has 0 saturated carbocycles. The second-order valence-corrected chi connectivity index (χ2v) is 4.61. The van der Waals surface area contributed by atoms with Gasteiger partial charge in [0.1, 0.15) is 5.75 Å². The minimum atomic E-state index is -1.21. The summed E-state index contributed by atoms with van der Waals surface area (Å²) < 4.78 is 0. The summed E-state index contributed by atoms with van der Waals surface area (Å²) in [4.78, 5) is 22.9. The number of carboxylic acid groups (broad SMARTS) is 1. The van der Waals surface area contributed by atoms with Crippen LogP contribution >= 0.6 is 0 Å². The van der Waals surface area contributed by atoms with E-state index in [1.54, 1.807) is 0 Å². The van der Waals surface area contributed by atoms with Gasteiger partial charge in [0.05, 0.1) is 11.3 Å². The molecule has 1 unspecified atom stereocenters. The number of rotatable bonds is 3. The first-order valence-electron chi connectivity index (χ1n) is 6.35. The minimum absolute atomic E-state index is 0.0605. The molecule has 1 aliphatic carbocycles. The van der Waals surface area contributed by atoms with Gasteiger partial charge in [-0.25, -0.2) is 9.59 Å². The number of carbonyl (C=O) groups is 2. The first-order chi connectivity index (χ1) is 9.56. The summed E-state index contributed by atoms with van der Waals surface area (Å²) in [5, 5.41) is 23.6. The standard InChI is InChI=1S/C14H16N2O4/c17-10-6-7-12(11(8-10)13(18)19)16-14(20)15-9-4-2-1-3-5-9/h1-2,6-9,17H,3-5H2,(H,18,19)(H2,15,16,20). The Hall–Kier alpha value is -2.50. The molecule has 0 radical (unpaired) electrons. The van der Waals surface area contributed by atoms with Crippen molar-refractivity contribution in [2.75, 3.05) is 5.32 Å². The van der Waals surface area contributed by atoms with E-state index >= 15 is 0 Å². The molecule has 6 nitrogen and oxygen atoms in total. The van der Waals surface area contributed by atoms with Gasteiger partial charge in [-0.05, 0) is 37.5 Å². The van der Waals surface area contributed by atoms with E-state index in [9.17, 15) is 14.7 Å². The van der Waals surface area contributed by atoms with Gasteiger partial charge in [-0.3, -0.25) is 0 Å². The van der Waals surface area contributed by atoms with Gasteiger partial charge in [-0.1, -0.05) is 12.2 Å². The highest BCUT2D eigenvalue weighted by Crippen LogP contribution is 2.21. The molecule has 0 fully saturated rings. The normalized spacial score (nSPS) is 17.5. The molecule has 0 saturated heterocycles. The lowest BCUT2D eigenvalue weighted by atomic mass is 10.0. The molecule has 1 atom stereocenters. The predicted octanol–water partition coefficient (Wildman–Crippen LogP) is 2.32. The van der Waals surface area contributed by atoms with Crippen LogP contribution in [0.5, 0.6) is 5.75 Å². The molecule has 6 heteroatoms. The third-order valence-electron chi connectivity index (χ3n) is 3.09. The van der Waals surface area contributed by atoms with E-state index < -0.39 is 12.0 Å². The molecule has 1 aliphatic rings. The molecule has 4 N–H and O–H groups in total. The summed E-state index contributed by atoms with van der Waals surface area (Å²) in [6.07, 6.45) is 6.64. The van der Waals surface area contributed by atoms with Crippen LogP contribution in [0.25, 0.3) is 0 Å². The Morgan fingerprint density at radius 2 is 2.05 bits per heavy atom. The molecule has 106 valence electrons. The molecule has 0 aliphatic heterocycles. The molecule has 0 spiro atoms. The number of carboxylic acids is 1. The number of aromatic hydroxyl groups is 1. The van der Waals surface area contributed by atoms with E-state index in [1.807, 2.05) is 6.08 Å². The van der Waals surface area contributed by atoms with Crippen LogP contribution in [0.2, 0.25) is 0 Å². The molecule has 0 aromatic heterocycles. The van der Waals surface area contributed by atoms with Gasteiger partial charge in [0.15, 0.2) is 0 Å². The molecule has 20 heavy (non-hydrogen) atoms. The first kappa shape index (κ1) is 13.9. The van der Waals surface area contributed by atoms with Crippen molar-refractivity contribution in [3.8, 4) is 5.75 Å². The Kier molecular flexibility index (Phi) is 4.24. The Morgan fingerprint density at radius 3 is 2.70 bits per heavy atom. The Morgan fingerprint density at radius 1 is 1.25 bits per heavy atom. The summed E-state index contributed by atoms with van der Waals surface area (Å²) in [7, 11) is 0. The summed E-state index contributed by atoms with van der Waals surface area (Å²) in [6.45, 7) is 0. The lowest BCUT2D eigenvalue weighted by Gasteiger charge is -2.20. The SMILES string of the molecule is O=C(Nc1ccc(O)cc1C(=O)O)NC1CC=CCC1. The highest BCUT2D eigenvalue weighted by Gasteiger charge is 2.16. The van der Waals surface area contributed by atoms with Crippen molar-refractivity contribution in [3.63, 3.8) is 0 Å². The molecule has 0 bridgehead atoms. The molecule has 1 aromatic carbocycles. The molecular formula is C14H16N2O4. The van der Waals surface area contributed by atoms with Gasteiger partial charge in [-0.2, -0.15) is 0 Å². The van der Waals surface area contributed by atoms with Crippen molar-refractivity contribution in [1.82, 2.24) is 5.32 Å². The number of allylic oxidation sites excluding steroid dienone is 1. The largest absolute Gasteiger partial charge is 0.508 e. The number of phenols is 1. The zero-order chi connectivity index (χ0) is 14.5. The number of phenolic OH excluding ortho intramolecular Hbond substituents is 1. The smallest absolute Gasteiger partial charge is 0.337 e. The topological polar surface area (TPSA) is 98.7 Å². The van der Waals surface area contributed by atoms with Gasteiger partial charge in [-0.15, -0.1) is 0 Å². The molecular weight excluding hydrogens is 260 g/mol. The highest BCUT2D eigenvalue weighted by atomic mass is 16.4. The fourth-order valence-corrected chi connectivity index (χ4v) is 2.09. The number of aromatic carboxylic acids is 1. The maximum absolute atomic E-state index is 11.8. The fraction of sp³-hybridized carbons (Fsp3) is 0.286. The van der Waals surface area contributed by atoms with Gasteiger partial charge < -0.3 is 20.8 Å². The van der Waals surface area contributed by atoms with Crippen LogP contribution in [0.1, 0.15) is 29.6 Å². The predicted molar refractivity (Wildman–Crippen MR) is 74.0 cm³/mol. The number of carbonyl (C=O) groups excluding carboxylic acids is 1. The van der Waals surface area contributed by atoms with Crippen molar-refractivity contribution in [3.05, 3.63) is 35.9 Å².